The van der Waals surface area contributed by atoms with E-state index in [4.69, 9.17) is 4.74 Å². The Kier molecular flexibility index (Phi) is 6.53. The van der Waals surface area contributed by atoms with E-state index in [1.807, 2.05) is 24.3 Å². The van der Waals surface area contributed by atoms with Gasteiger partial charge < -0.3 is 14.6 Å². The van der Waals surface area contributed by atoms with Crippen LogP contribution in [0.4, 0.5) is 5.69 Å². The summed E-state index contributed by atoms with van der Waals surface area (Å²) in [6, 6.07) is 11.4. The molecule has 1 amide bonds. The Morgan fingerprint density at radius 2 is 2.03 bits per heavy atom. The number of aromatic amines is 1. The van der Waals surface area contributed by atoms with Crippen LogP contribution in [0.15, 0.2) is 53.6 Å². The topological polar surface area (TPSA) is 109 Å². The average Bonchev–Trinajstić information content (AvgIpc) is 3.40. The van der Waals surface area contributed by atoms with Crippen LogP contribution in [0.5, 0.6) is 0 Å². The molecule has 1 fully saturated rings. The number of rotatable bonds is 8. The number of sulfonamides is 1. The largest absolute Gasteiger partial charge is 0.465 e. The number of carbonyl (C=O) groups excluding carboxylic acids is 2. The number of amides is 1. The maximum Gasteiger partial charge on any atom is 0.324 e. The van der Waals surface area contributed by atoms with Gasteiger partial charge in [0.15, 0.2) is 0 Å². The van der Waals surface area contributed by atoms with Crippen molar-refractivity contribution in [3.05, 3.63) is 59.8 Å². The lowest BCUT2D eigenvalue weighted by Gasteiger charge is -2.20. The van der Waals surface area contributed by atoms with Crippen molar-refractivity contribution < 1.29 is 22.7 Å². The summed E-state index contributed by atoms with van der Waals surface area (Å²) in [4.78, 5) is 29.6. The smallest absolute Gasteiger partial charge is 0.324 e. The van der Waals surface area contributed by atoms with Crippen molar-refractivity contribution in [2.45, 2.75) is 44.0 Å². The third-order valence-corrected chi connectivity index (χ3v) is 7.43. The fourth-order valence-corrected chi connectivity index (χ4v) is 5.60. The Labute approximate surface area is 193 Å². The van der Waals surface area contributed by atoms with Crippen molar-refractivity contribution >= 4 is 38.5 Å². The van der Waals surface area contributed by atoms with Crippen molar-refractivity contribution in [3.63, 3.8) is 0 Å². The molecule has 1 aliphatic heterocycles. The van der Waals surface area contributed by atoms with Gasteiger partial charge in [0.1, 0.15) is 6.04 Å². The molecule has 4 rings (SSSR count). The van der Waals surface area contributed by atoms with Crippen LogP contribution in [0.2, 0.25) is 0 Å². The number of aromatic nitrogens is 1. The summed E-state index contributed by atoms with van der Waals surface area (Å²) in [6.45, 7) is 4.05. The highest BCUT2D eigenvalue weighted by Gasteiger charge is 2.30. The van der Waals surface area contributed by atoms with Crippen molar-refractivity contribution in [2.75, 3.05) is 18.1 Å². The van der Waals surface area contributed by atoms with E-state index in [0.717, 1.165) is 22.9 Å². The number of hydrogen-bond acceptors (Lipinski definition) is 5. The first kappa shape index (κ1) is 23.0. The molecule has 0 bridgehead atoms. The zero-order valence-corrected chi connectivity index (χ0v) is 19.4. The van der Waals surface area contributed by atoms with Crippen LogP contribution < -0.4 is 9.62 Å². The molecular weight excluding hydrogens is 442 g/mol. The number of hydrogen-bond donors (Lipinski definition) is 2. The molecular formula is C24H27N3O5S. The summed E-state index contributed by atoms with van der Waals surface area (Å²) in [5.41, 5.74) is 2.76. The van der Waals surface area contributed by atoms with E-state index >= 15 is 0 Å². The first-order chi connectivity index (χ1) is 15.8. The number of anilines is 1. The highest BCUT2D eigenvalue weighted by Crippen LogP contribution is 2.27. The van der Waals surface area contributed by atoms with Crippen LogP contribution in [-0.2, 0) is 30.8 Å². The van der Waals surface area contributed by atoms with Crippen molar-refractivity contribution in [1.29, 1.82) is 0 Å². The molecule has 0 saturated carbocycles. The lowest BCUT2D eigenvalue weighted by Crippen LogP contribution is -2.43. The van der Waals surface area contributed by atoms with Gasteiger partial charge in [-0.05, 0) is 49.6 Å². The predicted molar refractivity (Wildman–Crippen MR) is 126 cm³/mol. The molecule has 0 aliphatic carbocycles. The quantitative estimate of drug-likeness (QED) is 0.493. The third-order valence-electron chi connectivity index (χ3n) is 5.81. The second-order valence-electron chi connectivity index (χ2n) is 8.09. The number of aryl methyl sites for hydroxylation is 1. The molecule has 8 nitrogen and oxygen atoms in total. The molecule has 1 saturated heterocycles. The van der Waals surface area contributed by atoms with Gasteiger partial charge in [-0.2, -0.15) is 4.72 Å². The molecule has 0 unspecified atom stereocenters. The van der Waals surface area contributed by atoms with Gasteiger partial charge in [0.05, 0.1) is 11.5 Å². The molecule has 1 aromatic heterocycles. The Balaban J connectivity index is 1.65. The van der Waals surface area contributed by atoms with Crippen molar-refractivity contribution in [1.82, 2.24) is 9.71 Å². The minimum absolute atomic E-state index is 0.0288. The predicted octanol–water partition coefficient (Wildman–Crippen LogP) is 3.06. The van der Waals surface area contributed by atoms with E-state index in [9.17, 15) is 18.0 Å². The molecule has 3 aromatic rings. The summed E-state index contributed by atoms with van der Waals surface area (Å²) in [7, 11) is -4.08. The van der Waals surface area contributed by atoms with Gasteiger partial charge >= 0.3 is 5.97 Å². The van der Waals surface area contributed by atoms with Crippen LogP contribution >= 0.6 is 0 Å². The van der Waals surface area contributed by atoms with Gasteiger partial charge in [0, 0.05) is 42.2 Å². The highest BCUT2D eigenvalue weighted by molar-refractivity contribution is 7.89. The Morgan fingerprint density at radius 1 is 1.24 bits per heavy atom. The second-order valence-corrected chi connectivity index (χ2v) is 9.77. The maximum absolute atomic E-state index is 13.4. The summed E-state index contributed by atoms with van der Waals surface area (Å²) < 4.78 is 34.5. The van der Waals surface area contributed by atoms with E-state index in [2.05, 4.69) is 9.71 Å². The molecule has 174 valence electrons. The Morgan fingerprint density at radius 3 is 2.76 bits per heavy atom. The molecule has 0 radical (unpaired) electrons. The number of esters is 1. The number of benzene rings is 2. The van der Waals surface area contributed by atoms with Crippen LogP contribution in [-0.4, -0.2) is 44.5 Å². The molecule has 2 heterocycles. The molecule has 0 spiro atoms. The van der Waals surface area contributed by atoms with Gasteiger partial charge in [-0.15, -0.1) is 0 Å². The number of carbonyl (C=O) groups is 2. The lowest BCUT2D eigenvalue weighted by atomic mass is 10.1. The number of nitrogens with one attached hydrogen (secondary N) is 2. The molecule has 33 heavy (non-hydrogen) atoms. The molecule has 2 N–H and O–H groups in total. The van der Waals surface area contributed by atoms with Gasteiger partial charge in [0.2, 0.25) is 15.9 Å². The van der Waals surface area contributed by atoms with Crippen molar-refractivity contribution in [2.24, 2.45) is 0 Å². The first-order valence-corrected chi connectivity index (χ1v) is 12.4. The number of H-pyrrole nitrogens is 1. The minimum Gasteiger partial charge on any atom is -0.465 e. The zero-order valence-electron chi connectivity index (χ0n) is 18.6. The number of fused-ring (bicyclic) bond motifs is 1. The number of para-hydroxylation sites is 1. The van der Waals surface area contributed by atoms with Gasteiger partial charge in [-0.25, -0.2) is 8.42 Å². The summed E-state index contributed by atoms with van der Waals surface area (Å²) in [5.74, 6) is -0.672. The Hall–Kier alpha value is -3.17. The van der Waals surface area contributed by atoms with E-state index in [1.165, 1.54) is 6.07 Å². The fraction of sp³-hybridized carbons (Fsp3) is 0.333. The van der Waals surface area contributed by atoms with Gasteiger partial charge in [0.25, 0.3) is 0 Å². The normalized spacial score (nSPS) is 15.2. The van der Waals surface area contributed by atoms with E-state index < -0.39 is 22.0 Å². The standard InChI is InChI=1S/C24H27N3O5S/c1-3-32-24(29)21(13-17-15-25-20-8-5-4-7-19(17)20)26-33(30,31)22-14-18(11-10-16(22)2)27-12-6-9-23(27)28/h4-5,7-8,10-11,14-15,21,25-26H,3,6,9,12-13H2,1-2H3/t21-/m1/s1. The van der Waals surface area contributed by atoms with Crippen LogP contribution in [0, 0.1) is 6.92 Å². The van der Waals surface area contributed by atoms with Crippen LogP contribution in [0.3, 0.4) is 0 Å². The monoisotopic (exact) mass is 469 g/mol. The fourth-order valence-electron chi connectivity index (χ4n) is 4.15. The average molecular weight is 470 g/mol. The Bertz CT molecular complexity index is 1300. The third kappa shape index (κ3) is 4.79. The summed E-state index contributed by atoms with van der Waals surface area (Å²) >= 11 is 0. The van der Waals surface area contributed by atoms with Gasteiger partial charge in [-0.1, -0.05) is 24.3 Å². The second kappa shape index (κ2) is 9.36. The van der Waals surface area contributed by atoms with Crippen LogP contribution in [0.1, 0.15) is 30.9 Å². The van der Waals surface area contributed by atoms with E-state index in [1.54, 1.807) is 37.1 Å². The van der Waals surface area contributed by atoms with Crippen molar-refractivity contribution in [3.8, 4) is 0 Å². The number of ether oxygens (including phenoxy) is 1. The first-order valence-electron chi connectivity index (χ1n) is 10.9. The van der Waals surface area contributed by atoms with Gasteiger partial charge in [-0.3, -0.25) is 9.59 Å². The maximum atomic E-state index is 13.4. The molecule has 2 aromatic carbocycles. The lowest BCUT2D eigenvalue weighted by molar-refractivity contribution is -0.145. The number of nitrogens with zero attached hydrogens (tertiary/aromatic N) is 1. The van der Waals surface area contributed by atoms with Crippen LogP contribution in [0.25, 0.3) is 10.9 Å². The summed E-state index contributed by atoms with van der Waals surface area (Å²) in [6.07, 6.45) is 3.09. The SMILES string of the molecule is CCOC(=O)[C@@H](Cc1c[nH]c2ccccc12)NS(=O)(=O)c1cc(N2CCCC2=O)ccc1C. The summed E-state index contributed by atoms with van der Waals surface area (Å²) in [5, 5.41) is 0.914. The van der Waals surface area contributed by atoms with E-state index in [0.29, 0.717) is 24.2 Å². The zero-order chi connectivity index (χ0) is 23.6. The minimum atomic E-state index is -4.08. The van der Waals surface area contributed by atoms with E-state index in [-0.39, 0.29) is 23.8 Å². The molecule has 1 aliphatic rings. The molecule has 9 heteroatoms. The highest BCUT2D eigenvalue weighted by atomic mass is 32.2. The molecule has 1 atom stereocenters.